The molecule has 0 fully saturated rings. The Morgan fingerprint density at radius 3 is 2.69 bits per heavy atom. The van der Waals surface area contributed by atoms with Crippen LogP contribution in [0.25, 0.3) is 0 Å². The molecule has 1 unspecified atom stereocenters. The van der Waals surface area contributed by atoms with Crippen molar-refractivity contribution < 1.29 is 14.2 Å². The summed E-state index contributed by atoms with van der Waals surface area (Å²) in [6.45, 7) is 10.9. The minimum atomic E-state index is -0.0520. The Morgan fingerprint density at radius 2 is 2.04 bits per heavy atom. The molecule has 4 nitrogen and oxygen atoms in total. The molecule has 0 radical (unpaired) electrons. The van der Waals surface area contributed by atoms with Crippen LogP contribution in [-0.4, -0.2) is 26.0 Å². The van der Waals surface area contributed by atoms with Crippen molar-refractivity contribution in [1.82, 2.24) is 4.98 Å². The molecule has 2 rings (SSSR count). The Labute approximate surface area is 157 Å². The Bertz CT molecular complexity index is 733. The third-order valence-electron chi connectivity index (χ3n) is 3.95. The number of aromatic nitrogens is 1. The van der Waals surface area contributed by atoms with Gasteiger partial charge in [0.2, 0.25) is 0 Å². The van der Waals surface area contributed by atoms with Gasteiger partial charge in [-0.3, -0.25) is 4.98 Å². The SMILES string of the molecule is Bc1cccc(C(CCC)Oc2ccc(OCC(=C)OCC)c(C)c2)n1. The van der Waals surface area contributed by atoms with Crippen LogP contribution < -0.4 is 15.1 Å². The van der Waals surface area contributed by atoms with E-state index >= 15 is 0 Å². The molecule has 0 amide bonds. The molecule has 0 bridgehead atoms. The zero-order chi connectivity index (χ0) is 18.9. The zero-order valence-electron chi connectivity index (χ0n) is 16.2. The van der Waals surface area contributed by atoms with Crippen molar-refractivity contribution in [3.05, 3.63) is 60.0 Å². The maximum Gasteiger partial charge on any atom is 0.163 e. The first-order valence-corrected chi connectivity index (χ1v) is 9.17. The highest BCUT2D eigenvalue weighted by molar-refractivity contribution is 6.30. The molecule has 0 saturated heterocycles. The van der Waals surface area contributed by atoms with Crippen LogP contribution in [0.5, 0.6) is 11.5 Å². The van der Waals surface area contributed by atoms with Gasteiger partial charge in [0.25, 0.3) is 0 Å². The van der Waals surface area contributed by atoms with Crippen molar-refractivity contribution in [3.8, 4) is 11.5 Å². The second-order valence-corrected chi connectivity index (χ2v) is 6.29. The summed E-state index contributed by atoms with van der Waals surface area (Å²) in [5.74, 6) is 2.25. The van der Waals surface area contributed by atoms with Crippen molar-refractivity contribution in [1.29, 1.82) is 0 Å². The van der Waals surface area contributed by atoms with Crippen molar-refractivity contribution in [2.75, 3.05) is 13.2 Å². The lowest BCUT2D eigenvalue weighted by Gasteiger charge is -2.20. The molecular formula is C21H28BNO3. The van der Waals surface area contributed by atoms with Crippen LogP contribution in [0.3, 0.4) is 0 Å². The molecular weight excluding hydrogens is 325 g/mol. The maximum absolute atomic E-state index is 6.24. The van der Waals surface area contributed by atoms with Gasteiger partial charge in [0, 0.05) is 0 Å². The van der Waals surface area contributed by atoms with Crippen LogP contribution in [0.1, 0.15) is 44.1 Å². The highest BCUT2D eigenvalue weighted by Gasteiger charge is 2.15. The van der Waals surface area contributed by atoms with E-state index in [1.165, 1.54) is 0 Å². The quantitative estimate of drug-likeness (QED) is 0.484. The summed E-state index contributed by atoms with van der Waals surface area (Å²) in [5.41, 5.74) is 2.98. The number of pyridine rings is 1. The first-order valence-electron chi connectivity index (χ1n) is 9.17. The van der Waals surface area contributed by atoms with Crippen molar-refractivity contribution >= 4 is 13.4 Å². The van der Waals surface area contributed by atoms with Gasteiger partial charge >= 0.3 is 0 Å². The van der Waals surface area contributed by atoms with Gasteiger partial charge in [0.05, 0.1) is 12.3 Å². The van der Waals surface area contributed by atoms with Gasteiger partial charge < -0.3 is 14.2 Å². The van der Waals surface area contributed by atoms with E-state index in [2.05, 4.69) is 18.5 Å². The molecule has 1 atom stereocenters. The highest BCUT2D eigenvalue weighted by atomic mass is 16.5. The van der Waals surface area contributed by atoms with Gasteiger partial charge in [0.15, 0.2) is 7.85 Å². The fourth-order valence-corrected chi connectivity index (χ4v) is 2.70. The van der Waals surface area contributed by atoms with Gasteiger partial charge in [-0.1, -0.05) is 32.1 Å². The van der Waals surface area contributed by atoms with E-state index in [-0.39, 0.29) is 6.10 Å². The fourth-order valence-electron chi connectivity index (χ4n) is 2.70. The average Bonchev–Trinajstić information content (AvgIpc) is 2.61. The standard InChI is InChI=1S/C21H28BNO3/c1-5-8-20(18-9-7-10-21(22)23-18)26-17-11-12-19(15(3)13-17)25-14-16(4)24-6-2/h7,9-13,20H,4-6,8,14,22H2,1-3H3. The molecule has 0 aliphatic carbocycles. The first kappa shape index (κ1) is 19.9. The fraction of sp³-hybridized carbons (Fsp3) is 0.381. The summed E-state index contributed by atoms with van der Waals surface area (Å²) < 4.78 is 17.3. The van der Waals surface area contributed by atoms with Crippen molar-refractivity contribution in [2.45, 2.75) is 39.7 Å². The number of ether oxygens (including phenoxy) is 3. The summed E-state index contributed by atoms with van der Waals surface area (Å²) >= 11 is 0. The van der Waals surface area contributed by atoms with Crippen LogP contribution in [0.15, 0.2) is 48.7 Å². The molecule has 0 saturated carbocycles. The number of rotatable bonds is 10. The number of hydrogen-bond donors (Lipinski definition) is 0. The Kier molecular flexibility index (Phi) is 7.58. The maximum atomic E-state index is 6.24. The molecule has 1 aromatic heterocycles. The molecule has 5 heteroatoms. The smallest absolute Gasteiger partial charge is 0.163 e. The number of nitrogens with zero attached hydrogens (tertiary/aromatic N) is 1. The summed E-state index contributed by atoms with van der Waals surface area (Å²) in [6, 6.07) is 11.9. The molecule has 0 aliphatic heterocycles. The summed E-state index contributed by atoms with van der Waals surface area (Å²) in [6.07, 6.45) is 1.89. The summed E-state index contributed by atoms with van der Waals surface area (Å²) in [7, 11) is 2.00. The van der Waals surface area contributed by atoms with E-state index in [1.807, 2.05) is 58.1 Å². The van der Waals surface area contributed by atoms with Crippen LogP contribution in [-0.2, 0) is 4.74 Å². The Hall–Kier alpha value is -2.43. The minimum Gasteiger partial charge on any atom is -0.495 e. The number of benzene rings is 1. The van der Waals surface area contributed by atoms with Gasteiger partial charge in [-0.2, -0.15) is 0 Å². The topological polar surface area (TPSA) is 40.6 Å². The zero-order valence-corrected chi connectivity index (χ0v) is 16.2. The van der Waals surface area contributed by atoms with E-state index in [4.69, 9.17) is 14.2 Å². The molecule has 2 aromatic rings. The Balaban J connectivity index is 2.07. The largest absolute Gasteiger partial charge is 0.495 e. The molecule has 1 heterocycles. The molecule has 26 heavy (non-hydrogen) atoms. The summed E-state index contributed by atoms with van der Waals surface area (Å²) in [5, 5.41) is 0. The lowest BCUT2D eigenvalue weighted by Crippen LogP contribution is -2.16. The van der Waals surface area contributed by atoms with E-state index in [9.17, 15) is 0 Å². The highest BCUT2D eigenvalue weighted by Crippen LogP contribution is 2.29. The van der Waals surface area contributed by atoms with Crippen molar-refractivity contribution in [3.63, 3.8) is 0 Å². The monoisotopic (exact) mass is 353 g/mol. The van der Waals surface area contributed by atoms with E-state index in [0.29, 0.717) is 19.0 Å². The predicted molar refractivity (Wildman–Crippen MR) is 108 cm³/mol. The average molecular weight is 353 g/mol. The van der Waals surface area contributed by atoms with Gasteiger partial charge in [-0.05, 0) is 55.7 Å². The van der Waals surface area contributed by atoms with E-state index in [0.717, 1.165) is 41.2 Å². The third kappa shape index (κ3) is 5.83. The third-order valence-corrected chi connectivity index (χ3v) is 3.95. The predicted octanol–water partition coefficient (Wildman–Crippen LogP) is 3.50. The van der Waals surface area contributed by atoms with E-state index in [1.54, 1.807) is 0 Å². The van der Waals surface area contributed by atoms with E-state index < -0.39 is 0 Å². The second-order valence-electron chi connectivity index (χ2n) is 6.29. The second kappa shape index (κ2) is 9.90. The van der Waals surface area contributed by atoms with Crippen LogP contribution in [0.2, 0.25) is 0 Å². The molecule has 138 valence electrons. The Morgan fingerprint density at radius 1 is 1.23 bits per heavy atom. The lowest BCUT2D eigenvalue weighted by molar-refractivity contribution is 0.180. The molecule has 0 aliphatic rings. The van der Waals surface area contributed by atoms with Crippen LogP contribution >= 0.6 is 0 Å². The summed E-state index contributed by atoms with van der Waals surface area (Å²) in [4.78, 5) is 4.62. The molecule has 0 N–H and O–H groups in total. The number of hydrogen-bond acceptors (Lipinski definition) is 4. The van der Waals surface area contributed by atoms with Crippen LogP contribution in [0.4, 0.5) is 0 Å². The van der Waals surface area contributed by atoms with Gasteiger partial charge in [0.1, 0.15) is 30.0 Å². The minimum absolute atomic E-state index is 0.0520. The number of aryl methyl sites for hydroxylation is 1. The molecule has 1 aromatic carbocycles. The van der Waals surface area contributed by atoms with Crippen LogP contribution in [0, 0.1) is 6.92 Å². The first-order chi connectivity index (χ1) is 12.5. The van der Waals surface area contributed by atoms with Gasteiger partial charge in [-0.15, -0.1) is 0 Å². The lowest BCUT2D eigenvalue weighted by atomic mass is 10.0. The van der Waals surface area contributed by atoms with Gasteiger partial charge in [-0.25, -0.2) is 0 Å². The van der Waals surface area contributed by atoms with Crippen molar-refractivity contribution in [2.24, 2.45) is 0 Å². The molecule has 0 spiro atoms. The normalized spacial score (nSPS) is 11.7.